The first-order valence-corrected chi connectivity index (χ1v) is 15.7. The smallest absolute Gasteiger partial charge is 0.301 e. The summed E-state index contributed by atoms with van der Waals surface area (Å²) in [4.78, 5) is 28.3. The van der Waals surface area contributed by atoms with Crippen LogP contribution in [0.3, 0.4) is 0 Å². The van der Waals surface area contributed by atoms with Crippen molar-refractivity contribution in [1.82, 2.24) is 10.2 Å². The molecule has 13 heteroatoms. The summed E-state index contributed by atoms with van der Waals surface area (Å²) in [7, 11) is 0. The molecule has 1 atom stereocenters. The molecule has 1 saturated heterocycles. The Labute approximate surface area is 270 Å². The molecule has 2 heterocycles. The van der Waals surface area contributed by atoms with Crippen LogP contribution in [0.15, 0.2) is 83.2 Å². The summed E-state index contributed by atoms with van der Waals surface area (Å²) in [5.41, 5.74) is 1.25. The highest BCUT2D eigenvalue weighted by Crippen LogP contribution is 2.46. The topological polar surface area (TPSA) is 102 Å². The molecule has 1 amide bonds. The number of aromatic nitrogens is 2. The van der Waals surface area contributed by atoms with Crippen LogP contribution in [0.4, 0.5) is 9.52 Å². The molecule has 4 aromatic rings. The molecule has 1 aliphatic rings. The van der Waals surface area contributed by atoms with Gasteiger partial charge in [-0.1, -0.05) is 71.1 Å². The van der Waals surface area contributed by atoms with E-state index in [9.17, 15) is 19.1 Å². The molecule has 0 bridgehead atoms. The van der Waals surface area contributed by atoms with Gasteiger partial charge in [-0.25, -0.2) is 4.39 Å². The van der Waals surface area contributed by atoms with E-state index in [-0.39, 0.29) is 22.9 Å². The number of ketones is 1. The van der Waals surface area contributed by atoms with Crippen molar-refractivity contribution in [3.8, 4) is 11.5 Å². The highest BCUT2D eigenvalue weighted by atomic mass is 35.5. The SMILES string of the molecule is C=CCOc1ccc(C2/C(=C(\O)c3ccc(F)cc3)C(=O)C(=O)N2c2nnc(SCc3ccc(Cl)cc3Cl)s2)cc1OCC. The first-order chi connectivity index (χ1) is 21.2. The third kappa shape index (κ3) is 6.61. The van der Waals surface area contributed by atoms with Gasteiger partial charge in [0.05, 0.1) is 18.2 Å². The molecule has 226 valence electrons. The minimum absolute atomic E-state index is 0.143. The highest BCUT2D eigenvalue weighted by Gasteiger charge is 2.48. The Kier molecular flexibility index (Phi) is 9.90. The number of nitrogens with zero attached hydrogens (tertiary/aromatic N) is 3. The zero-order valence-corrected chi connectivity index (χ0v) is 26.3. The fourth-order valence-electron chi connectivity index (χ4n) is 4.48. The van der Waals surface area contributed by atoms with E-state index in [4.69, 9.17) is 32.7 Å². The number of benzene rings is 3. The Bertz CT molecular complexity index is 1760. The fourth-order valence-corrected chi connectivity index (χ4v) is 6.90. The van der Waals surface area contributed by atoms with E-state index >= 15 is 0 Å². The van der Waals surface area contributed by atoms with Gasteiger partial charge < -0.3 is 14.6 Å². The molecule has 0 spiro atoms. The summed E-state index contributed by atoms with van der Waals surface area (Å²) in [6, 6.07) is 14.0. The zero-order valence-electron chi connectivity index (χ0n) is 23.1. The Morgan fingerprint density at radius 3 is 2.57 bits per heavy atom. The summed E-state index contributed by atoms with van der Waals surface area (Å²) < 4.78 is 25.7. The molecule has 8 nitrogen and oxygen atoms in total. The van der Waals surface area contributed by atoms with Crippen LogP contribution in [0.5, 0.6) is 11.5 Å². The molecule has 0 aliphatic carbocycles. The number of rotatable bonds is 11. The molecule has 1 unspecified atom stereocenters. The zero-order chi connectivity index (χ0) is 31.4. The number of carbonyl (C=O) groups excluding carboxylic acids is 2. The lowest BCUT2D eigenvalue weighted by Gasteiger charge is -2.23. The molecule has 1 N–H and O–H groups in total. The normalized spacial score (nSPS) is 15.9. The number of aliphatic hydroxyl groups excluding tert-OH is 1. The summed E-state index contributed by atoms with van der Waals surface area (Å²) in [6.45, 7) is 6.02. The number of anilines is 1. The van der Waals surface area contributed by atoms with E-state index in [1.807, 2.05) is 13.0 Å². The maximum Gasteiger partial charge on any atom is 0.301 e. The first kappa shape index (κ1) is 31.5. The van der Waals surface area contributed by atoms with E-state index in [2.05, 4.69) is 16.8 Å². The minimum atomic E-state index is -1.11. The second kappa shape index (κ2) is 13.8. The lowest BCUT2D eigenvalue weighted by Crippen LogP contribution is -2.29. The third-order valence-electron chi connectivity index (χ3n) is 6.47. The molecule has 5 rings (SSSR count). The maximum atomic E-state index is 13.7. The van der Waals surface area contributed by atoms with Gasteiger partial charge in [0.2, 0.25) is 5.13 Å². The number of halogens is 3. The second-order valence-corrected chi connectivity index (χ2v) is 12.3. The van der Waals surface area contributed by atoms with E-state index in [1.54, 1.807) is 36.4 Å². The van der Waals surface area contributed by atoms with Crippen LogP contribution in [0.1, 0.15) is 29.7 Å². The number of ether oxygens (including phenoxy) is 2. The number of Topliss-reactive ketones (excluding diaryl/α,β-unsaturated/α-hetero) is 1. The van der Waals surface area contributed by atoms with Crippen LogP contribution in [0, 0.1) is 5.82 Å². The van der Waals surface area contributed by atoms with Crippen LogP contribution in [0.25, 0.3) is 5.76 Å². The van der Waals surface area contributed by atoms with Gasteiger partial charge in [-0.05, 0) is 66.6 Å². The molecule has 3 aromatic carbocycles. The summed E-state index contributed by atoms with van der Waals surface area (Å²) in [5, 5.41) is 21.0. The molecule has 0 radical (unpaired) electrons. The van der Waals surface area contributed by atoms with Gasteiger partial charge >= 0.3 is 5.91 Å². The summed E-state index contributed by atoms with van der Waals surface area (Å²) in [6.07, 6.45) is 1.59. The van der Waals surface area contributed by atoms with Crippen molar-refractivity contribution < 1.29 is 28.6 Å². The van der Waals surface area contributed by atoms with Gasteiger partial charge in [0.1, 0.15) is 18.2 Å². The van der Waals surface area contributed by atoms with Crippen LogP contribution in [0.2, 0.25) is 10.0 Å². The number of thioether (sulfide) groups is 1. The number of amides is 1. The van der Waals surface area contributed by atoms with Gasteiger partial charge in [-0.2, -0.15) is 0 Å². The number of hydrogen-bond donors (Lipinski definition) is 1. The number of aliphatic hydroxyl groups is 1. The molecular formula is C31H24Cl2FN3O5S2. The maximum absolute atomic E-state index is 13.7. The van der Waals surface area contributed by atoms with Crippen molar-refractivity contribution in [3.63, 3.8) is 0 Å². The van der Waals surface area contributed by atoms with E-state index < -0.39 is 29.3 Å². The van der Waals surface area contributed by atoms with Crippen LogP contribution in [-0.2, 0) is 15.3 Å². The predicted molar refractivity (Wildman–Crippen MR) is 170 cm³/mol. The second-order valence-electron chi connectivity index (χ2n) is 9.29. The van der Waals surface area contributed by atoms with Gasteiger partial charge in [0.25, 0.3) is 5.78 Å². The van der Waals surface area contributed by atoms with Crippen molar-refractivity contribution in [2.75, 3.05) is 18.1 Å². The Hall–Kier alpha value is -3.90. The van der Waals surface area contributed by atoms with Gasteiger partial charge in [-0.3, -0.25) is 14.5 Å². The Morgan fingerprint density at radius 2 is 1.86 bits per heavy atom. The van der Waals surface area contributed by atoms with Crippen molar-refractivity contribution in [2.24, 2.45) is 0 Å². The standard InChI is InChI=1S/C31H24Cl2FN3O5S2/c1-3-13-42-23-12-8-18(14-24(23)41-4-2)26-25(27(38)17-6-10-21(34)11-7-17)28(39)29(40)37(26)30-35-36-31(44-30)43-16-19-5-9-20(32)15-22(19)33/h3,5-12,14-15,26,38H,1,4,13,16H2,2H3/b27-25+. The number of hydrogen-bond acceptors (Lipinski definition) is 9. The fraction of sp³-hybridized carbons (Fsp3) is 0.161. The van der Waals surface area contributed by atoms with Crippen molar-refractivity contribution in [3.05, 3.63) is 111 Å². The average Bonchev–Trinajstić information content (AvgIpc) is 3.58. The summed E-state index contributed by atoms with van der Waals surface area (Å²) >= 11 is 14.8. The van der Waals surface area contributed by atoms with E-state index in [0.717, 1.165) is 29.0 Å². The Morgan fingerprint density at radius 1 is 1.09 bits per heavy atom. The lowest BCUT2D eigenvalue weighted by molar-refractivity contribution is -0.132. The van der Waals surface area contributed by atoms with E-state index in [1.165, 1.54) is 28.8 Å². The molecule has 1 fully saturated rings. The van der Waals surface area contributed by atoms with Gasteiger partial charge in [0.15, 0.2) is 15.8 Å². The number of carbonyl (C=O) groups is 2. The molecular weight excluding hydrogens is 648 g/mol. The predicted octanol–water partition coefficient (Wildman–Crippen LogP) is 7.87. The van der Waals surface area contributed by atoms with Crippen molar-refractivity contribution in [1.29, 1.82) is 0 Å². The van der Waals surface area contributed by atoms with Crippen LogP contribution in [-0.4, -0.2) is 40.2 Å². The van der Waals surface area contributed by atoms with Crippen LogP contribution < -0.4 is 14.4 Å². The van der Waals surface area contributed by atoms with Crippen LogP contribution >= 0.6 is 46.3 Å². The highest BCUT2D eigenvalue weighted by molar-refractivity contribution is 8.00. The van der Waals surface area contributed by atoms with Gasteiger partial charge in [-0.15, -0.1) is 10.2 Å². The minimum Gasteiger partial charge on any atom is -0.507 e. The molecule has 0 saturated carbocycles. The molecule has 44 heavy (non-hydrogen) atoms. The third-order valence-corrected chi connectivity index (χ3v) is 9.16. The van der Waals surface area contributed by atoms with Crippen molar-refractivity contribution in [2.45, 2.75) is 23.1 Å². The van der Waals surface area contributed by atoms with Gasteiger partial charge in [0, 0.05) is 21.4 Å². The first-order valence-electron chi connectivity index (χ1n) is 13.2. The summed E-state index contributed by atoms with van der Waals surface area (Å²) in [5.74, 6) is -1.56. The average molecular weight is 673 g/mol. The Balaban J connectivity index is 1.57. The molecule has 1 aliphatic heterocycles. The molecule has 1 aromatic heterocycles. The monoisotopic (exact) mass is 671 g/mol. The largest absolute Gasteiger partial charge is 0.507 e. The van der Waals surface area contributed by atoms with Crippen molar-refractivity contribution >= 4 is 68.9 Å². The van der Waals surface area contributed by atoms with E-state index in [0.29, 0.717) is 43.8 Å². The quantitative estimate of drug-likeness (QED) is 0.0429. The lowest BCUT2D eigenvalue weighted by atomic mass is 9.95.